The van der Waals surface area contributed by atoms with Crippen LogP contribution in [-0.2, 0) is 26.2 Å². The van der Waals surface area contributed by atoms with Gasteiger partial charge < -0.3 is 0 Å². The number of halogens is 4. The molecule has 0 atom stereocenters. The Morgan fingerprint density at radius 3 is 1.29 bits per heavy atom. The van der Waals surface area contributed by atoms with Gasteiger partial charge in [-0.1, -0.05) is 0 Å². The molecule has 0 saturated carbocycles. The molecule has 51 heavy (non-hydrogen) atoms. The molecule has 2 aliphatic carbocycles. The van der Waals surface area contributed by atoms with E-state index in [0.717, 1.165) is 25.0 Å². The summed E-state index contributed by atoms with van der Waals surface area (Å²) in [6, 6.07) is 3.79. The number of rotatable bonds is 14. The van der Waals surface area contributed by atoms with Gasteiger partial charge in [-0.3, -0.25) is 0 Å². The molecule has 2 aliphatic rings. The van der Waals surface area contributed by atoms with Crippen LogP contribution in [0.2, 0.25) is 0 Å². The molecule has 0 N–H and O–H groups in total. The molecule has 2 aromatic rings. The SMILES string of the molecule is CCCC(C)(C)C(=O)N(c1ccc(F)[c]([Ti]([C]2=CC=CC2)([C]2=CC=CC2)[c]2c(F)ccc(N(C(=O)C(C)(C)CCC)C(C)C)c2F)c1F)C(C)C. The van der Waals surface area contributed by atoms with E-state index in [4.69, 9.17) is 0 Å². The van der Waals surface area contributed by atoms with E-state index in [-0.39, 0.29) is 43.8 Å². The second-order valence-corrected chi connectivity index (χ2v) is 21.6. The van der Waals surface area contributed by atoms with Gasteiger partial charge in [-0.2, -0.15) is 0 Å². The van der Waals surface area contributed by atoms with Crippen molar-refractivity contribution in [3.05, 3.63) is 91.7 Å². The molecule has 4 rings (SSSR count). The predicted molar refractivity (Wildman–Crippen MR) is 198 cm³/mol. The third-order valence-electron chi connectivity index (χ3n) is 10.3. The van der Waals surface area contributed by atoms with Crippen LogP contribution in [0.3, 0.4) is 0 Å². The van der Waals surface area contributed by atoms with Crippen molar-refractivity contribution in [1.29, 1.82) is 0 Å². The third-order valence-corrected chi connectivity index (χ3v) is 18.2. The van der Waals surface area contributed by atoms with E-state index in [1.165, 1.54) is 21.9 Å². The van der Waals surface area contributed by atoms with Gasteiger partial charge in [0.2, 0.25) is 0 Å². The molecule has 0 aliphatic heterocycles. The maximum atomic E-state index is 17.8. The normalized spacial score (nSPS) is 14.8. The van der Waals surface area contributed by atoms with Crippen molar-refractivity contribution in [3.63, 3.8) is 0 Å². The molecule has 0 bridgehead atoms. The summed E-state index contributed by atoms with van der Waals surface area (Å²) in [6.07, 6.45) is 13.7. The summed E-state index contributed by atoms with van der Waals surface area (Å²) in [5.74, 6) is -4.48. The average Bonchev–Trinajstić information content (AvgIpc) is 3.78. The van der Waals surface area contributed by atoms with E-state index < -0.39 is 62.8 Å². The number of hydrogen-bond donors (Lipinski definition) is 0. The molecule has 0 spiro atoms. The summed E-state index contributed by atoms with van der Waals surface area (Å²) >= 11 is -5.27. The van der Waals surface area contributed by atoms with E-state index in [9.17, 15) is 9.59 Å². The number of amides is 2. The number of carbonyl (C=O) groups is 2. The first-order chi connectivity index (χ1) is 23.9. The minimum atomic E-state index is -5.27. The van der Waals surface area contributed by atoms with E-state index in [2.05, 4.69) is 0 Å². The van der Waals surface area contributed by atoms with Crippen LogP contribution < -0.4 is 17.5 Å². The van der Waals surface area contributed by atoms with Crippen molar-refractivity contribution < 1.29 is 43.7 Å². The van der Waals surface area contributed by atoms with Crippen LogP contribution in [0.25, 0.3) is 0 Å². The first-order valence-electron chi connectivity index (χ1n) is 18.3. The summed E-state index contributed by atoms with van der Waals surface area (Å²) < 4.78 is 69.6. The van der Waals surface area contributed by atoms with Gasteiger partial charge in [0.05, 0.1) is 0 Å². The fourth-order valence-corrected chi connectivity index (χ4v) is 16.2. The van der Waals surface area contributed by atoms with Crippen LogP contribution in [0.15, 0.2) is 68.5 Å². The maximum absolute atomic E-state index is 17.8. The molecule has 0 fully saturated rings. The van der Waals surface area contributed by atoms with Gasteiger partial charge in [0, 0.05) is 0 Å². The van der Waals surface area contributed by atoms with Crippen molar-refractivity contribution in [1.82, 2.24) is 0 Å². The molecule has 2 aromatic carbocycles. The predicted octanol–water partition coefficient (Wildman–Crippen LogP) is 10.2. The van der Waals surface area contributed by atoms with Crippen LogP contribution in [-0.4, -0.2) is 23.9 Å². The van der Waals surface area contributed by atoms with Gasteiger partial charge in [0.25, 0.3) is 0 Å². The van der Waals surface area contributed by atoms with Crippen LogP contribution in [0.4, 0.5) is 28.9 Å². The zero-order chi connectivity index (χ0) is 38.1. The van der Waals surface area contributed by atoms with Gasteiger partial charge in [-0.05, 0) is 0 Å². The topological polar surface area (TPSA) is 40.6 Å². The molecule has 9 heteroatoms. The van der Waals surface area contributed by atoms with Crippen LogP contribution in [0.5, 0.6) is 0 Å². The zero-order valence-corrected chi connectivity index (χ0v) is 33.5. The Bertz CT molecular complexity index is 1660. The molecule has 0 aromatic heterocycles. The van der Waals surface area contributed by atoms with Crippen LogP contribution >= 0.6 is 0 Å². The second kappa shape index (κ2) is 15.8. The third kappa shape index (κ3) is 7.37. The van der Waals surface area contributed by atoms with Crippen molar-refractivity contribution in [2.75, 3.05) is 9.80 Å². The molecule has 0 heterocycles. The number of nitrogens with zero attached hydrogens (tertiary/aromatic N) is 2. The Labute approximate surface area is 305 Å². The Morgan fingerprint density at radius 1 is 0.667 bits per heavy atom. The molecular weight excluding hydrogens is 688 g/mol. The van der Waals surface area contributed by atoms with Gasteiger partial charge in [0.15, 0.2) is 0 Å². The Kier molecular flexibility index (Phi) is 12.6. The molecule has 0 saturated heterocycles. The average molecular weight is 743 g/mol. The number of anilines is 2. The summed E-state index contributed by atoms with van der Waals surface area (Å²) in [5, 5.41) is 0. The summed E-state index contributed by atoms with van der Waals surface area (Å²) in [4.78, 5) is 31.0. The van der Waals surface area contributed by atoms with Gasteiger partial charge >= 0.3 is 307 Å². The van der Waals surface area contributed by atoms with Crippen molar-refractivity contribution in [3.8, 4) is 0 Å². The molecule has 4 nitrogen and oxygen atoms in total. The zero-order valence-electron chi connectivity index (χ0n) is 31.9. The van der Waals surface area contributed by atoms with Crippen LogP contribution in [0.1, 0.15) is 108 Å². The molecule has 0 unspecified atom stereocenters. The fourth-order valence-electron chi connectivity index (χ4n) is 7.93. The van der Waals surface area contributed by atoms with Gasteiger partial charge in [0.1, 0.15) is 0 Å². The van der Waals surface area contributed by atoms with Crippen molar-refractivity contribution >= 4 is 30.9 Å². The number of allylic oxidation sites excluding steroid dienone is 8. The summed E-state index contributed by atoms with van der Waals surface area (Å²) in [7, 11) is 0. The second-order valence-electron chi connectivity index (χ2n) is 15.7. The van der Waals surface area contributed by atoms with Crippen molar-refractivity contribution in [2.45, 2.75) is 120 Å². The molecular formula is C42H54F4N2O2Ti. The minimum absolute atomic E-state index is 0.124. The Balaban J connectivity index is 2.17. The number of benzene rings is 2. The van der Waals surface area contributed by atoms with Crippen molar-refractivity contribution in [2.24, 2.45) is 10.8 Å². The molecule has 0 radical (unpaired) electrons. The first kappa shape index (κ1) is 40.5. The van der Waals surface area contributed by atoms with Crippen LogP contribution in [0, 0.1) is 34.1 Å². The van der Waals surface area contributed by atoms with Gasteiger partial charge in [-0.15, -0.1) is 0 Å². The molecule has 276 valence electrons. The van der Waals surface area contributed by atoms with E-state index >= 15 is 17.6 Å². The quantitative estimate of drug-likeness (QED) is 0.143. The van der Waals surface area contributed by atoms with E-state index in [1.807, 2.05) is 53.7 Å². The fraction of sp³-hybridized carbons (Fsp3) is 0.476. The first-order valence-corrected chi connectivity index (χ1v) is 21.4. The summed E-state index contributed by atoms with van der Waals surface area (Å²) in [5.41, 5.74) is -1.94. The number of hydrogen-bond acceptors (Lipinski definition) is 2. The Morgan fingerprint density at radius 2 is 1.02 bits per heavy atom. The molecule has 2 amide bonds. The standard InChI is InChI=1S/2C16H22F2NO.2C5H5.Ti/c2*1-6-9-16(4,5)15(20)19(11(2)3)14-8-7-12(17)10-13(14)18;2*1-2-4-5-3-1;/h2*7-8,11H,6,9H2,1-5H3;2*1-3H,4H2;. The van der Waals surface area contributed by atoms with E-state index in [1.54, 1.807) is 52.0 Å². The number of carbonyl (C=O) groups excluding carboxylic acids is 2. The van der Waals surface area contributed by atoms with E-state index in [0.29, 0.717) is 20.6 Å². The Hall–Kier alpha value is -3.23. The van der Waals surface area contributed by atoms with Gasteiger partial charge in [-0.25, -0.2) is 0 Å². The summed E-state index contributed by atoms with van der Waals surface area (Å²) in [6.45, 7) is 18.2. The monoisotopic (exact) mass is 742 g/mol.